The van der Waals surface area contributed by atoms with Gasteiger partial charge >= 0.3 is 0 Å². The Morgan fingerprint density at radius 3 is 2.73 bits per heavy atom. The molecule has 0 spiro atoms. The zero-order valence-electron chi connectivity index (χ0n) is 6.75. The fourth-order valence-corrected chi connectivity index (χ4v) is 2.21. The van der Waals surface area contributed by atoms with Crippen molar-refractivity contribution in [3.05, 3.63) is 0 Å². The van der Waals surface area contributed by atoms with E-state index in [0.29, 0.717) is 17.9 Å². The van der Waals surface area contributed by atoms with Crippen LogP contribution in [0.25, 0.3) is 0 Å². The Morgan fingerprint density at radius 2 is 2.18 bits per heavy atom. The first kappa shape index (κ1) is 9.01. The fraction of sp³-hybridized carbons (Fsp3) is 0.875. The maximum absolute atomic E-state index is 11.2. The molecule has 2 nitrogen and oxygen atoms in total. The van der Waals surface area contributed by atoms with Crippen LogP contribution in [0.5, 0.6) is 0 Å². The van der Waals surface area contributed by atoms with E-state index in [1.807, 2.05) is 0 Å². The standard InChI is InChI=1S/C8H13NO.ClH/c1-9-6-3-2-4-7(9)8(10)5-6;/h6-7H,2-5H2,1H3;1H. The van der Waals surface area contributed by atoms with Crippen LogP contribution in [0.1, 0.15) is 25.7 Å². The van der Waals surface area contributed by atoms with Gasteiger partial charge in [0.15, 0.2) is 5.78 Å². The summed E-state index contributed by atoms with van der Waals surface area (Å²) >= 11 is 0. The first-order valence-electron chi connectivity index (χ1n) is 4.03. The summed E-state index contributed by atoms with van der Waals surface area (Å²) in [6.07, 6.45) is 4.41. The number of fused-ring (bicyclic) bond motifs is 2. The molecule has 2 aliphatic rings. The number of likely N-dealkylation sites (N-methyl/N-ethyl adjacent to an activating group) is 1. The molecule has 0 radical (unpaired) electrons. The Bertz CT molecular complexity index is 171. The van der Waals surface area contributed by atoms with Gasteiger partial charge in [-0.3, -0.25) is 9.69 Å². The third-order valence-electron chi connectivity index (χ3n) is 2.89. The number of ketones is 1. The minimum absolute atomic E-state index is 0. The van der Waals surface area contributed by atoms with Crippen molar-refractivity contribution in [1.82, 2.24) is 4.90 Å². The van der Waals surface area contributed by atoms with Crippen LogP contribution in [0.2, 0.25) is 0 Å². The average molecular weight is 176 g/mol. The molecule has 2 saturated heterocycles. The maximum atomic E-state index is 11.2. The summed E-state index contributed by atoms with van der Waals surface area (Å²) in [5.41, 5.74) is 0. The second-order valence-corrected chi connectivity index (χ2v) is 3.44. The van der Waals surface area contributed by atoms with E-state index in [1.165, 1.54) is 12.8 Å². The first-order chi connectivity index (χ1) is 4.79. The summed E-state index contributed by atoms with van der Waals surface area (Å²) in [6, 6.07) is 0.880. The molecule has 2 heterocycles. The van der Waals surface area contributed by atoms with Crippen LogP contribution in [-0.4, -0.2) is 29.8 Å². The smallest absolute Gasteiger partial charge is 0.151 e. The van der Waals surface area contributed by atoms with E-state index in [-0.39, 0.29) is 12.4 Å². The van der Waals surface area contributed by atoms with Crippen LogP contribution in [-0.2, 0) is 4.79 Å². The monoisotopic (exact) mass is 175 g/mol. The second kappa shape index (κ2) is 3.11. The van der Waals surface area contributed by atoms with E-state index in [1.54, 1.807) is 0 Å². The highest BCUT2D eigenvalue weighted by molar-refractivity contribution is 5.87. The predicted octanol–water partition coefficient (Wildman–Crippen LogP) is 1.23. The molecule has 0 aromatic carbocycles. The molecule has 2 rings (SSSR count). The zero-order valence-corrected chi connectivity index (χ0v) is 7.56. The molecule has 64 valence electrons. The van der Waals surface area contributed by atoms with Crippen LogP contribution in [0, 0.1) is 0 Å². The highest BCUT2D eigenvalue weighted by Crippen LogP contribution is 2.31. The van der Waals surface area contributed by atoms with Crippen LogP contribution in [0.3, 0.4) is 0 Å². The quantitative estimate of drug-likeness (QED) is 0.552. The Morgan fingerprint density at radius 1 is 1.45 bits per heavy atom. The lowest BCUT2D eigenvalue weighted by Crippen LogP contribution is -2.37. The number of Topliss-reactive ketones (excluding diaryl/α,β-unsaturated/α-hetero) is 1. The minimum atomic E-state index is 0. The van der Waals surface area contributed by atoms with Crippen LogP contribution >= 0.6 is 12.4 Å². The molecule has 0 aromatic rings. The number of carbonyl (C=O) groups excluding carboxylic acids is 1. The maximum Gasteiger partial charge on any atom is 0.151 e. The van der Waals surface area contributed by atoms with Crippen molar-refractivity contribution in [1.29, 1.82) is 0 Å². The SMILES string of the molecule is CN1C2CCCC1C(=O)C2.Cl. The van der Waals surface area contributed by atoms with Crippen LogP contribution < -0.4 is 0 Å². The Balaban J connectivity index is 0.000000605. The van der Waals surface area contributed by atoms with Gasteiger partial charge in [0.1, 0.15) is 0 Å². The summed E-state index contributed by atoms with van der Waals surface area (Å²) in [6.45, 7) is 0. The number of piperidine rings is 1. The Kier molecular flexibility index (Phi) is 2.55. The predicted molar refractivity (Wildman–Crippen MR) is 46.1 cm³/mol. The summed E-state index contributed by atoms with van der Waals surface area (Å²) < 4.78 is 0. The normalized spacial score (nSPS) is 37.0. The molecule has 0 aromatic heterocycles. The molecular formula is C8H14ClNO. The Labute approximate surface area is 73.4 Å². The van der Waals surface area contributed by atoms with E-state index in [9.17, 15) is 4.79 Å². The van der Waals surface area contributed by atoms with Gasteiger partial charge in [0.2, 0.25) is 0 Å². The molecule has 0 aliphatic carbocycles. The second-order valence-electron chi connectivity index (χ2n) is 3.44. The number of hydrogen-bond donors (Lipinski definition) is 0. The van der Waals surface area contributed by atoms with Crippen molar-refractivity contribution in [3.8, 4) is 0 Å². The highest BCUT2D eigenvalue weighted by atomic mass is 35.5. The van der Waals surface area contributed by atoms with Gasteiger partial charge < -0.3 is 0 Å². The van der Waals surface area contributed by atoms with Crippen molar-refractivity contribution in [2.45, 2.75) is 37.8 Å². The van der Waals surface area contributed by atoms with Crippen LogP contribution in [0.4, 0.5) is 0 Å². The molecule has 2 unspecified atom stereocenters. The molecule has 2 atom stereocenters. The number of nitrogens with zero attached hydrogens (tertiary/aromatic N) is 1. The number of rotatable bonds is 0. The molecular weight excluding hydrogens is 162 g/mol. The van der Waals surface area contributed by atoms with E-state index in [2.05, 4.69) is 11.9 Å². The molecule has 11 heavy (non-hydrogen) atoms. The lowest BCUT2D eigenvalue weighted by molar-refractivity contribution is -0.119. The van der Waals surface area contributed by atoms with E-state index < -0.39 is 0 Å². The van der Waals surface area contributed by atoms with E-state index in [4.69, 9.17) is 0 Å². The van der Waals surface area contributed by atoms with Crippen molar-refractivity contribution in [2.75, 3.05) is 7.05 Å². The van der Waals surface area contributed by atoms with Gasteiger partial charge in [-0.1, -0.05) is 0 Å². The van der Waals surface area contributed by atoms with Gasteiger partial charge in [0.05, 0.1) is 6.04 Å². The summed E-state index contributed by atoms with van der Waals surface area (Å²) in [4.78, 5) is 13.5. The average Bonchev–Trinajstić information content (AvgIpc) is 2.16. The minimum Gasteiger partial charge on any atom is -0.298 e. The molecule has 2 aliphatic heterocycles. The first-order valence-corrected chi connectivity index (χ1v) is 4.03. The molecule has 2 fully saturated rings. The lowest BCUT2D eigenvalue weighted by Gasteiger charge is -2.29. The van der Waals surface area contributed by atoms with Gasteiger partial charge in [-0.05, 0) is 26.3 Å². The van der Waals surface area contributed by atoms with Gasteiger partial charge in [-0.2, -0.15) is 0 Å². The third kappa shape index (κ3) is 1.30. The molecule has 3 heteroatoms. The van der Waals surface area contributed by atoms with Gasteiger partial charge in [-0.25, -0.2) is 0 Å². The largest absolute Gasteiger partial charge is 0.298 e. The molecule has 0 amide bonds. The Hall–Kier alpha value is -0.0800. The van der Waals surface area contributed by atoms with E-state index in [0.717, 1.165) is 12.8 Å². The van der Waals surface area contributed by atoms with E-state index >= 15 is 0 Å². The van der Waals surface area contributed by atoms with Crippen molar-refractivity contribution < 1.29 is 4.79 Å². The molecule has 2 bridgehead atoms. The topological polar surface area (TPSA) is 20.3 Å². The third-order valence-corrected chi connectivity index (χ3v) is 2.89. The number of carbonyl (C=O) groups is 1. The lowest BCUT2D eigenvalue weighted by atomic mass is 10.0. The van der Waals surface area contributed by atoms with Crippen molar-refractivity contribution in [3.63, 3.8) is 0 Å². The summed E-state index contributed by atoms with van der Waals surface area (Å²) in [5, 5.41) is 0. The van der Waals surface area contributed by atoms with Gasteiger partial charge in [-0.15, -0.1) is 12.4 Å². The van der Waals surface area contributed by atoms with Crippen molar-refractivity contribution in [2.24, 2.45) is 0 Å². The van der Waals surface area contributed by atoms with Crippen molar-refractivity contribution >= 4 is 18.2 Å². The van der Waals surface area contributed by atoms with Crippen LogP contribution in [0.15, 0.2) is 0 Å². The molecule has 0 saturated carbocycles. The van der Waals surface area contributed by atoms with Gasteiger partial charge in [0.25, 0.3) is 0 Å². The zero-order chi connectivity index (χ0) is 7.14. The number of halogens is 1. The van der Waals surface area contributed by atoms with Gasteiger partial charge in [0, 0.05) is 12.5 Å². The molecule has 0 N–H and O–H groups in total. The highest BCUT2D eigenvalue weighted by Gasteiger charge is 2.39. The summed E-state index contributed by atoms with van der Waals surface area (Å²) in [5.74, 6) is 0.477. The fourth-order valence-electron chi connectivity index (χ4n) is 2.21. The number of hydrogen-bond acceptors (Lipinski definition) is 2. The summed E-state index contributed by atoms with van der Waals surface area (Å²) in [7, 11) is 2.08.